The van der Waals surface area contributed by atoms with Gasteiger partial charge in [0.1, 0.15) is 48.4 Å². The summed E-state index contributed by atoms with van der Waals surface area (Å²) < 4.78 is 17.8. The van der Waals surface area contributed by atoms with Crippen LogP contribution >= 0.6 is 0 Å². The molecule has 5 aromatic rings. The first kappa shape index (κ1) is 45.2. The Balaban J connectivity index is 0.883. The number of methoxy groups -OCH3 is 1. The van der Waals surface area contributed by atoms with Gasteiger partial charge in [0.15, 0.2) is 0 Å². The molecule has 15 nitrogen and oxygen atoms in total. The molecule has 2 aromatic heterocycles. The Morgan fingerprint density at radius 3 is 1.71 bits per heavy atom. The van der Waals surface area contributed by atoms with E-state index in [1.165, 1.54) is 7.11 Å². The number of benzene rings is 3. The summed E-state index contributed by atoms with van der Waals surface area (Å²) >= 11 is 0. The largest absolute Gasteiger partial charge is 0.488 e. The fourth-order valence-corrected chi connectivity index (χ4v) is 11.4. The first-order chi connectivity index (χ1) is 32.4. The molecule has 0 bridgehead atoms. The molecule has 356 valence electrons. The molecule has 0 spiro atoms. The highest BCUT2D eigenvalue weighted by molar-refractivity contribution is 5.92. The van der Waals surface area contributed by atoms with Crippen LogP contribution < -0.4 is 20.1 Å². The van der Waals surface area contributed by atoms with E-state index >= 15 is 0 Å². The van der Waals surface area contributed by atoms with Crippen molar-refractivity contribution in [3.63, 3.8) is 0 Å². The van der Waals surface area contributed by atoms with Crippen molar-refractivity contribution in [1.82, 2.24) is 40.4 Å². The summed E-state index contributed by atoms with van der Waals surface area (Å²) in [6, 6.07) is 15.7. The fraction of sp³-hybridized carbons (Fsp3) is 0.472. The van der Waals surface area contributed by atoms with E-state index in [2.05, 4.69) is 74.3 Å². The maximum absolute atomic E-state index is 14.7. The van der Waals surface area contributed by atoms with E-state index in [4.69, 9.17) is 24.2 Å². The lowest BCUT2D eigenvalue weighted by molar-refractivity contribution is -0.138. The Kier molecular flexibility index (Phi) is 11.2. The van der Waals surface area contributed by atoms with E-state index in [9.17, 15) is 19.2 Å². The number of alkyl carbamates (subject to hydrolysis) is 1. The van der Waals surface area contributed by atoms with Crippen LogP contribution in [0.5, 0.6) is 11.5 Å². The van der Waals surface area contributed by atoms with Gasteiger partial charge in [-0.25, -0.2) is 14.8 Å². The molecule has 5 aliphatic rings. The topological polar surface area (TPSA) is 184 Å². The van der Waals surface area contributed by atoms with Gasteiger partial charge >= 0.3 is 6.09 Å². The van der Waals surface area contributed by atoms with Crippen molar-refractivity contribution in [3.8, 4) is 45.1 Å². The van der Waals surface area contributed by atoms with Gasteiger partial charge in [0.2, 0.25) is 17.7 Å². The van der Waals surface area contributed by atoms with E-state index in [1.807, 2.05) is 72.3 Å². The van der Waals surface area contributed by atoms with Crippen molar-refractivity contribution < 1.29 is 33.4 Å². The lowest BCUT2D eigenvalue weighted by Gasteiger charge is -2.30. The van der Waals surface area contributed by atoms with Gasteiger partial charge in [-0.05, 0) is 71.3 Å². The van der Waals surface area contributed by atoms with Crippen LogP contribution in [0.25, 0.3) is 33.6 Å². The molecule has 4 amide bonds. The number of aromatic nitrogens is 4. The molecule has 3 aromatic carbocycles. The average Bonchev–Trinajstić information content (AvgIpc) is 4.06. The third-order valence-electron chi connectivity index (χ3n) is 15.8. The van der Waals surface area contributed by atoms with Gasteiger partial charge in [-0.3, -0.25) is 14.4 Å². The molecule has 6 atom stereocenters. The summed E-state index contributed by atoms with van der Waals surface area (Å²) in [5.41, 5.74) is 7.83. The monoisotopic (exact) mass is 922 g/mol. The van der Waals surface area contributed by atoms with Crippen LogP contribution in [0.2, 0.25) is 0 Å². The fourth-order valence-electron chi connectivity index (χ4n) is 11.4. The maximum Gasteiger partial charge on any atom is 0.407 e. The number of carbonyl (C=O) groups excluding carboxylic acids is 4. The second-order valence-electron chi connectivity index (χ2n) is 21.2. The Hall–Kier alpha value is -6.64. The molecule has 15 heteroatoms. The Labute approximate surface area is 397 Å². The number of imidazole rings is 2. The Morgan fingerprint density at radius 1 is 0.735 bits per heavy atom. The smallest absolute Gasteiger partial charge is 0.407 e. The molecular weight excluding hydrogens is 861 g/mol. The van der Waals surface area contributed by atoms with Crippen molar-refractivity contribution in [2.75, 3.05) is 20.2 Å². The average molecular weight is 923 g/mol. The molecule has 6 heterocycles. The zero-order valence-electron chi connectivity index (χ0n) is 40.4. The lowest BCUT2D eigenvalue weighted by Crippen LogP contribution is -2.51. The minimum Gasteiger partial charge on any atom is -0.488 e. The Bertz CT molecular complexity index is 2750. The van der Waals surface area contributed by atoms with Crippen LogP contribution in [-0.2, 0) is 32.3 Å². The predicted molar refractivity (Wildman–Crippen MR) is 255 cm³/mol. The molecule has 1 aliphatic carbocycles. The number of hydrogen-bond donors (Lipinski definition) is 4. The number of rotatable bonds is 11. The zero-order valence-corrected chi connectivity index (χ0v) is 40.4. The second-order valence-corrected chi connectivity index (χ2v) is 21.2. The maximum atomic E-state index is 14.7. The summed E-state index contributed by atoms with van der Waals surface area (Å²) in [6.45, 7) is 18.3. The van der Waals surface area contributed by atoms with E-state index in [1.54, 1.807) is 6.20 Å². The number of hydrogen-bond acceptors (Lipinski definition) is 9. The quantitative estimate of drug-likeness (QED) is 0.101. The van der Waals surface area contributed by atoms with E-state index < -0.39 is 18.2 Å². The molecule has 10 rings (SSSR count). The van der Waals surface area contributed by atoms with Crippen LogP contribution in [0, 0.1) is 34.5 Å². The van der Waals surface area contributed by atoms with Crippen molar-refractivity contribution in [3.05, 3.63) is 95.3 Å². The van der Waals surface area contributed by atoms with Crippen molar-refractivity contribution in [1.29, 1.82) is 0 Å². The second kappa shape index (κ2) is 16.8. The van der Waals surface area contributed by atoms with Gasteiger partial charge in [-0.1, -0.05) is 85.7 Å². The van der Waals surface area contributed by atoms with Gasteiger partial charge in [-0.15, -0.1) is 0 Å². The highest BCUT2D eigenvalue weighted by Gasteiger charge is 2.68. The van der Waals surface area contributed by atoms with Crippen LogP contribution in [0.3, 0.4) is 0 Å². The number of likely N-dealkylation sites (tertiary alicyclic amines) is 2. The van der Waals surface area contributed by atoms with Crippen LogP contribution in [0.1, 0.15) is 115 Å². The Morgan fingerprint density at radius 2 is 1.24 bits per heavy atom. The van der Waals surface area contributed by atoms with E-state index in [0.29, 0.717) is 38.0 Å². The molecule has 3 fully saturated rings. The van der Waals surface area contributed by atoms with Crippen molar-refractivity contribution >= 4 is 23.8 Å². The SMILES string of the molecule is COC(=O)NC(C(=O)N1C[C@@H](C)C[C@H]1c1ncc(-c2cc3c4c(c2)OCc2cc(-c5cnc([C@@H]6C[C@H](C)CN6C(=O)[C@H](NC(=O)C6C(C)(C)C6(C)C)c6ccccc6)[nH]5)cc(c2-4)OC3)[nH]1)C(C)C. The number of nitrogens with zero attached hydrogens (tertiary/aromatic N) is 4. The summed E-state index contributed by atoms with van der Waals surface area (Å²) in [5.74, 6) is 2.66. The molecule has 4 N–H and O–H groups in total. The number of aromatic amines is 2. The number of amides is 4. The first-order valence-electron chi connectivity index (χ1n) is 24.0. The van der Waals surface area contributed by atoms with Gasteiger partial charge < -0.3 is 44.6 Å². The third-order valence-corrected chi connectivity index (χ3v) is 15.8. The summed E-state index contributed by atoms with van der Waals surface area (Å²) in [7, 11) is 1.29. The predicted octanol–water partition coefficient (Wildman–Crippen LogP) is 8.66. The number of carbonyl (C=O) groups is 4. The molecule has 4 aliphatic heterocycles. The van der Waals surface area contributed by atoms with Gasteiger partial charge in [0.05, 0.1) is 43.0 Å². The number of nitrogens with one attached hydrogen (secondary N) is 4. The minimum absolute atomic E-state index is 0.0961. The summed E-state index contributed by atoms with van der Waals surface area (Å²) in [4.78, 5) is 75.0. The van der Waals surface area contributed by atoms with Crippen LogP contribution in [0.4, 0.5) is 4.79 Å². The van der Waals surface area contributed by atoms with Crippen molar-refractivity contribution in [2.45, 2.75) is 106 Å². The lowest BCUT2D eigenvalue weighted by atomic mass is 9.87. The minimum atomic E-state index is -0.823. The third kappa shape index (κ3) is 7.67. The van der Waals surface area contributed by atoms with E-state index in [-0.39, 0.29) is 64.3 Å². The molecular formula is C53H62N8O7. The molecule has 68 heavy (non-hydrogen) atoms. The van der Waals surface area contributed by atoms with Gasteiger partial charge in [0, 0.05) is 52.4 Å². The molecule has 0 radical (unpaired) electrons. The van der Waals surface area contributed by atoms with Crippen molar-refractivity contribution in [2.24, 2.45) is 34.5 Å². The molecule has 2 saturated heterocycles. The van der Waals surface area contributed by atoms with Gasteiger partial charge in [0.25, 0.3) is 0 Å². The molecule has 1 saturated carbocycles. The van der Waals surface area contributed by atoms with E-state index in [0.717, 1.165) is 74.7 Å². The summed E-state index contributed by atoms with van der Waals surface area (Å²) in [6.07, 6.45) is 4.46. The first-order valence-corrected chi connectivity index (χ1v) is 24.0. The zero-order chi connectivity index (χ0) is 48.0. The normalized spacial score (nSPS) is 22.7. The van der Waals surface area contributed by atoms with Crippen LogP contribution in [-0.4, -0.2) is 79.8 Å². The number of H-pyrrole nitrogens is 2. The van der Waals surface area contributed by atoms with Crippen LogP contribution in [0.15, 0.2) is 67.0 Å². The number of ether oxygens (including phenoxy) is 3. The standard InChI is InChI=1S/C53H62N8O7/c1-27(2)43(59-51(65)66-9)49(63)60-23-28(3)15-37(60)46-54-21-35(56-46)31-17-33-25-68-40-20-32(18-34-26-67-39(19-31)41(33)42(34)40)36-22-55-47(57-36)38-16-29(4)24-61(38)50(64)44(30-13-11-10-12-14-30)58-48(62)45-52(5,6)53(45,7)8/h10-14,17-22,27-29,37-38,43-45H,15-16,23-26H2,1-9H3,(H,54,56)(H,55,57)(H,58,62)(H,59,65)/t28-,29-,37-,38-,43?,44+/m0/s1. The highest BCUT2D eigenvalue weighted by Crippen LogP contribution is 2.68. The molecule has 1 unspecified atom stereocenters. The van der Waals surface area contributed by atoms with Gasteiger partial charge in [-0.2, -0.15) is 0 Å². The summed E-state index contributed by atoms with van der Waals surface area (Å²) in [5, 5.41) is 5.91. The highest BCUT2D eigenvalue weighted by atomic mass is 16.5.